The summed E-state index contributed by atoms with van der Waals surface area (Å²) < 4.78 is 12.0. The number of aromatic nitrogens is 4. The average molecular weight is 1440 g/mol. The Kier molecular flexibility index (Phi) is 36.6. The normalized spacial score (nSPS) is 16.1. The predicted octanol–water partition coefficient (Wildman–Crippen LogP) is 6.42. The van der Waals surface area contributed by atoms with Gasteiger partial charge in [-0.3, -0.25) is 91.6 Å². The van der Waals surface area contributed by atoms with E-state index in [0.717, 1.165) is 52.3 Å². The minimum atomic E-state index is -0.928. The van der Waals surface area contributed by atoms with Crippen molar-refractivity contribution in [2.75, 3.05) is 59.2 Å². The largest absolute Gasteiger partial charge is 0.480 e. The number of nitrogens with two attached hydrogens (primary N) is 2. The number of hydrogen-bond acceptors (Lipinski definition) is 22. The van der Waals surface area contributed by atoms with Gasteiger partial charge in [-0.2, -0.15) is 0 Å². The van der Waals surface area contributed by atoms with Crippen molar-refractivity contribution in [3.05, 3.63) is 179 Å². The van der Waals surface area contributed by atoms with Crippen LogP contribution < -0.4 is 16.8 Å². The second kappa shape index (κ2) is 43.4. The number of aliphatic carboxylic acids is 1. The summed E-state index contributed by atoms with van der Waals surface area (Å²) in [5, 5.41) is 11.2. The molecule has 8 amide bonds. The highest BCUT2D eigenvalue weighted by Gasteiger charge is 2.45. The Morgan fingerprint density at radius 3 is 0.952 bits per heavy atom. The number of rotatable bonds is 18. The van der Waals surface area contributed by atoms with Gasteiger partial charge < -0.3 is 40.9 Å². The molecule has 7 N–H and O–H groups in total. The molecule has 8 heterocycles. The van der Waals surface area contributed by atoms with E-state index in [0.29, 0.717) is 96.6 Å². The fourth-order valence-electron chi connectivity index (χ4n) is 10.9. The number of nitrogens with one attached hydrogen (secondary N) is 2. The molecule has 6 aliphatic rings. The van der Waals surface area contributed by atoms with Crippen LogP contribution in [0.1, 0.15) is 186 Å². The molecule has 6 atom stereocenters. The van der Waals surface area contributed by atoms with Gasteiger partial charge in [0.2, 0.25) is 0 Å². The highest BCUT2D eigenvalue weighted by Crippen LogP contribution is 2.30. The van der Waals surface area contributed by atoms with Crippen LogP contribution in [0, 0.1) is 0 Å². The number of imidazole rings is 2. The minimum Gasteiger partial charge on any atom is -0.480 e. The molecular weight excluding hydrogens is 1340 g/mol. The zero-order valence-electron chi connectivity index (χ0n) is 58.8. The number of nitrogens with zero attached hydrogens (tertiary/aromatic N) is 8. The Hall–Kier alpha value is -10.6. The van der Waals surface area contributed by atoms with Crippen molar-refractivity contribution in [2.45, 2.75) is 146 Å². The van der Waals surface area contributed by atoms with Gasteiger partial charge in [-0.15, -0.1) is 0 Å². The summed E-state index contributed by atoms with van der Waals surface area (Å²) >= 11 is 0. The summed E-state index contributed by atoms with van der Waals surface area (Å²) in [4.78, 5) is 182. The van der Waals surface area contributed by atoms with Crippen LogP contribution in [0.25, 0.3) is 0 Å². The molecule has 0 aliphatic carbocycles. The number of H-pyrrole nitrogens is 1. The molecule has 0 saturated carbocycles. The lowest BCUT2D eigenvalue weighted by Gasteiger charge is -2.32. The summed E-state index contributed by atoms with van der Waals surface area (Å²) in [6.45, 7) is 21.3. The molecule has 29 nitrogen and oxygen atoms in total. The van der Waals surface area contributed by atoms with Gasteiger partial charge >= 0.3 is 5.97 Å². The third-order valence-corrected chi connectivity index (χ3v) is 16.6. The number of carbonyl (C=O) groups is 14. The number of imide groups is 4. The molecule has 6 unspecified atom stereocenters. The first-order valence-corrected chi connectivity index (χ1v) is 33.3. The molecule has 6 aromatic rings. The van der Waals surface area contributed by atoms with E-state index in [-0.39, 0.29) is 91.8 Å². The monoisotopic (exact) mass is 1440 g/mol. The third kappa shape index (κ3) is 23.2. The Morgan fingerprint density at radius 1 is 0.442 bits per heavy atom. The van der Waals surface area contributed by atoms with Crippen LogP contribution in [0.5, 0.6) is 0 Å². The topological polar surface area (TPSA) is 404 Å². The van der Waals surface area contributed by atoms with Gasteiger partial charge in [0, 0.05) is 57.5 Å². The lowest BCUT2D eigenvalue weighted by atomic mass is 10.1. The smallest absolute Gasteiger partial charge is 0.320 e. The first kappa shape index (κ1) is 87.7. The number of carboxylic acid groups (broad SMARTS) is 1. The first-order chi connectivity index (χ1) is 48.7. The Balaban J connectivity index is 0.000000323. The van der Waals surface area contributed by atoms with Crippen molar-refractivity contribution < 1.29 is 81.7 Å². The van der Waals surface area contributed by atoms with Crippen molar-refractivity contribution in [3.8, 4) is 0 Å². The number of aromatic amines is 1. The zero-order chi connectivity index (χ0) is 75.3. The van der Waals surface area contributed by atoms with Crippen LogP contribution in [0.3, 0.4) is 0 Å². The van der Waals surface area contributed by atoms with Gasteiger partial charge in [-0.1, -0.05) is 91.1 Å². The van der Waals surface area contributed by atoms with Gasteiger partial charge in [0.05, 0.1) is 108 Å². The van der Waals surface area contributed by atoms with E-state index < -0.39 is 48.0 Å². The molecule has 2 fully saturated rings. The molecule has 560 valence electrons. The lowest BCUT2D eigenvalue weighted by Crippen LogP contribution is -2.52. The predicted molar refractivity (Wildman–Crippen MR) is 386 cm³/mol. The molecule has 2 saturated heterocycles. The third-order valence-electron chi connectivity index (χ3n) is 16.6. The maximum atomic E-state index is 12.5. The number of benzene rings is 4. The summed E-state index contributed by atoms with van der Waals surface area (Å²) in [6.07, 6.45) is 12.0. The second-order valence-corrected chi connectivity index (χ2v) is 23.7. The zero-order valence-corrected chi connectivity index (χ0v) is 58.8. The van der Waals surface area contributed by atoms with Crippen molar-refractivity contribution >= 4 is 82.1 Å². The van der Waals surface area contributed by atoms with Crippen LogP contribution in [0.15, 0.2) is 135 Å². The number of hydrogen-bond donors (Lipinski definition) is 5. The summed E-state index contributed by atoms with van der Waals surface area (Å²) in [5.74, 6) is -4.68. The molecule has 2 aromatic heterocycles. The van der Waals surface area contributed by atoms with Crippen molar-refractivity contribution in [1.82, 2.24) is 49.3 Å². The molecule has 29 heteroatoms. The molecule has 0 radical (unpaired) electrons. The number of ketones is 5. The molecule has 4 aromatic carbocycles. The van der Waals surface area contributed by atoms with Crippen molar-refractivity contribution in [3.63, 3.8) is 0 Å². The molecule has 6 aliphatic heterocycles. The second-order valence-electron chi connectivity index (χ2n) is 23.7. The number of ether oxygens (including phenoxy) is 2. The van der Waals surface area contributed by atoms with Crippen molar-refractivity contribution in [1.29, 1.82) is 0 Å². The number of carbonyl (C=O) groups excluding carboxylic acids is 13. The van der Waals surface area contributed by atoms with E-state index in [1.165, 1.54) is 34.6 Å². The Labute approximate surface area is 606 Å². The maximum absolute atomic E-state index is 12.5. The summed E-state index contributed by atoms with van der Waals surface area (Å²) in [5.41, 5.74) is 13.3. The average Bonchev–Trinajstić information content (AvgIpc) is 1.66. The van der Waals surface area contributed by atoms with Crippen LogP contribution >= 0.6 is 0 Å². The first-order valence-electron chi connectivity index (χ1n) is 33.3. The molecule has 0 spiro atoms. The fourth-order valence-corrected chi connectivity index (χ4v) is 10.9. The SMILES string of the molecule is C.C.C1COCCN1.CC(=O)C(CN1CCOCC1)N1C(=O)c2ccccc2C1=O.CC(=O)C(Cn1ccnc1)N1C(=O)c2ccccc2C1=O.CCC(C(C)=O)N1C(=O)c2ccccc2C1=O.CCC(C(C)=O)N1C(=O)c2ccccc2C1=O.CCC(N)C(=O)O.CCC(N)C(C)=O.c1c[nH]cn1. The van der Waals surface area contributed by atoms with E-state index in [4.69, 9.17) is 26.0 Å². The molecule has 104 heavy (non-hydrogen) atoms. The van der Waals surface area contributed by atoms with Gasteiger partial charge in [-0.05, 0) is 109 Å². The molecular formula is C75H98N12O17. The Bertz CT molecular complexity index is 3640. The number of carboxylic acids is 1. The van der Waals surface area contributed by atoms with Crippen molar-refractivity contribution in [2.24, 2.45) is 11.5 Å². The van der Waals surface area contributed by atoms with Crippen LogP contribution in [-0.4, -0.2) is 227 Å². The van der Waals surface area contributed by atoms with E-state index in [2.05, 4.69) is 25.2 Å². The van der Waals surface area contributed by atoms with E-state index in [9.17, 15) is 67.1 Å². The number of fused-ring (bicyclic) bond motifs is 4. The standard InChI is InChI=1S/C16H18N2O4.C15H13N3O3.2C13H13NO3.C5H11NO.C4H9NO2.C4H9NO.C3H4N2.2CH4/c1-11(19)14(10-17-6-8-22-9-7-17)18-15(20)12-4-2-3-5-13(12)16(18)21;1-10(19)13(8-17-7-6-16-9-17)18-14(20)11-4-2-3-5-12(11)15(18)21;2*1-3-11(8(2)15)14-12(16)9-6-4-5-7-10(9)13(14)17;1-3-5(6)4(2)7;1-2-3(5)4(6)7;1-3-6-4-2-5-1;1-2-5-3-4-1;;/h2-5,14H,6-10H2,1H3;2-7,9,13H,8H2,1H3;2*4-7,11H,3H2,1-2H3;5H,3,6H2,1-2H3;3H,2,5H2,1H3,(H,6,7);5H,1-4H2;1-3H,(H,4,5);2*1H4. The van der Waals surface area contributed by atoms with Crippen LogP contribution in [0.2, 0.25) is 0 Å². The molecule has 0 bridgehead atoms. The Morgan fingerprint density at radius 2 is 0.760 bits per heavy atom. The summed E-state index contributed by atoms with van der Waals surface area (Å²) in [7, 11) is 0. The quantitative estimate of drug-likeness (QED) is 0.0579. The highest BCUT2D eigenvalue weighted by atomic mass is 16.5. The van der Waals surface area contributed by atoms with Gasteiger partial charge in [0.15, 0.2) is 23.1 Å². The van der Waals surface area contributed by atoms with E-state index >= 15 is 0 Å². The van der Waals surface area contributed by atoms with Crippen LogP contribution in [0.4, 0.5) is 0 Å². The van der Waals surface area contributed by atoms with E-state index in [1.807, 2.05) is 6.92 Å². The summed E-state index contributed by atoms with van der Waals surface area (Å²) in [6, 6.07) is 22.8. The number of morpholine rings is 2. The van der Waals surface area contributed by atoms with Gasteiger partial charge in [-0.25, -0.2) is 9.97 Å². The highest BCUT2D eigenvalue weighted by molar-refractivity contribution is 6.25. The lowest BCUT2D eigenvalue weighted by molar-refractivity contribution is -0.138. The maximum Gasteiger partial charge on any atom is 0.320 e. The number of Topliss-reactive ketones (excluding diaryl/α,β-unsaturated/α-hetero) is 5. The van der Waals surface area contributed by atoms with Crippen LogP contribution in [-0.2, 0) is 44.8 Å². The van der Waals surface area contributed by atoms with E-state index in [1.54, 1.807) is 160 Å². The van der Waals surface area contributed by atoms with Gasteiger partial charge in [0.25, 0.3) is 47.3 Å². The number of amides is 8. The molecule has 12 rings (SSSR count). The minimum absolute atomic E-state index is 0. The van der Waals surface area contributed by atoms with Gasteiger partial charge in [0.1, 0.15) is 23.9 Å². The fraction of sp³-hybridized carbons (Fsp3) is 0.413.